The van der Waals surface area contributed by atoms with E-state index in [9.17, 15) is 22.8 Å². The van der Waals surface area contributed by atoms with Crippen molar-refractivity contribution in [1.29, 1.82) is 0 Å². The molecule has 1 saturated heterocycles. The highest BCUT2D eigenvalue weighted by Crippen LogP contribution is 2.39. The molecule has 0 spiro atoms. The number of hydrogen-bond donors (Lipinski definition) is 1. The Morgan fingerprint density at radius 1 is 1.30 bits per heavy atom. The van der Waals surface area contributed by atoms with Crippen molar-refractivity contribution in [2.75, 3.05) is 12.9 Å². The number of methoxy groups -OCH3 is 1. The first-order chi connectivity index (χ1) is 12.7. The Labute approximate surface area is 161 Å². The second-order valence-corrected chi connectivity index (χ2v) is 8.84. The summed E-state index contributed by atoms with van der Waals surface area (Å²) in [4.78, 5) is 38.0. The Balaban J connectivity index is 1.94. The average Bonchev–Trinajstić information content (AvgIpc) is 2.64. The fourth-order valence-corrected chi connectivity index (χ4v) is 5.82. The van der Waals surface area contributed by atoms with Gasteiger partial charge in [0, 0.05) is 0 Å². The molecule has 10 heteroatoms. The van der Waals surface area contributed by atoms with Crippen molar-refractivity contribution in [2.45, 2.75) is 23.7 Å². The third-order valence-corrected chi connectivity index (χ3v) is 7.10. The van der Waals surface area contributed by atoms with Gasteiger partial charge in [-0.3, -0.25) is 14.5 Å². The maximum atomic E-state index is 12.9. The van der Waals surface area contributed by atoms with Crippen LogP contribution in [-0.2, 0) is 29.0 Å². The van der Waals surface area contributed by atoms with Crippen LogP contribution in [-0.4, -0.2) is 54.7 Å². The second kappa shape index (κ2) is 6.97. The minimum atomic E-state index is -3.68. The van der Waals surface area contributed by atoms with Crippen LogP contribution >= 0.6 is 11.6 Å². The lowest BCUT2D eigenvalue weighted by atomic mass is 10.0. The number of β-lactam (4-membered cyclic amide) rings is 1. The first kappa shape index (κ1) is 19.4. The van der Waals surface area contributed by atoms with Gasteiger partial charge in [0.15, 0.2) is 21.3 Å². The van der Waals surface area contributed by atoms with Crippen LogP contribution in [0.5, 0.6) is 0 Å². The number of nitrogens with one attached hydrogen (secondary N) is 1. The number of ether oxygens (including phenoxy) is 1. The molecule has 2 aliphatic rings. The molecular formula is C17H17ClN2O6S. The number of rotatable bonds is 4. The lowest BCUT2D eigenvalue weighted by Crippen LogP contribution is -2.68. The normalized spacial score (nSPS) is 24.6. The number of amides is 2. The van der Waals surface area contributed by atoms with E-state index in [4.69, 9.17) is 16.3 Å². The number of carbonyl (C=O) groups excluding carboxylic acids is 3. The average molecular weight is 413 g/mol. The molecule has 2 amide bonds. The Kier molecular flexibility index (Phi) is 5.00. The van der Waals surface area contributed by atoms with Gasteiger partial charge in [-0.2, -0.15) is 0 Å². The molecule has 144 valence electrons. The molecule has 27 heavy (non-hydrogen) atoms. The number of carbonyl (C=O) groups is 3. The minimum Gasteiger partial charge on any atom is -0.467 e. The predicted molar refractivity (Wildman–Crippen MR) is 96.1 cm³/mol. The Morgan fingerprint density at radius 2 is 1.93 bits per heavy atom. The molecule has 1 aromatic rings. The van der Waals surface area contributed by atoms with E-state index >= 15 is 0 Å². The van der Waals surface area contributed by atoms with Crippen molar-refractivity contribution in [3.8, 4) is 0 Å². The first-order valence-corrected chi connectivity index (χ1v) is 10.2. The standard InChI is InChI=1S/C17H17ClN2O6S/c1-9-8-27(24,25)16-11(18)15(22)20(16)13(9)14(21)19-12(17(23)26-2)10-6-4-3-5-7-10/h3-7,11-12,16H,8H2,1-2H3,(H,19,21)/t11-,12+,16?/m0/s1. The van der Waals surface area contributed by atoms with Gasteiger partial charge >= 0.3 is 5.97 Å². The topological polar surface area (TPSA) is 110 Å². The monoisotopic (exact) mass is 412 g/mol. The van der Waals surface area contributed by atoms with Crippen molar-refractivity contribution in [3.05, 3.63) is 47.2 Å². The summed E-state index contributed by atoms with van der Waals surface area (Å²) in [6.45, 7) is 1.45. The fourth-order valence-electron chi connectivity index (χ4n) is 3.21. The van der Waals surface area contributed by atoms with E-state index < -0.39 is 44.4 Å². The molecule has 0 aliphatic carbocycles. The van der Waals surface area contributed by atoms with E-state index in [2.05, 4.69) is 5.32 Å². The third kappa shape index (κ3) is 3.21. The number of nitrogens with zero attached hydrogens (tertiary/aromatic N) is 1. The SMILES string of the molecule is COC(=O)[C@H](NC(=O)C1=C(C)CS(=O)(=O)C2[C@@H](Cl)C(=O)N12)c1ccccc1. The third-order valence-electron chi connectivity index (χ3n) is 4.47. The molecule has 0 aromatic heterocycles. The van der Waals surface area contributed by atoms with E-state index in [0.29, 0.717) is 5.56 Å². The number of esters is 1. The number of benzene rings is 1. The van der Waals surface area contributed by atoms with Gasteiger partial charge in [-0.1, -0.05) is 30.3 Å². The van der Waals surface area contributed by atoms with Crippen molar-refractivity contribution >= 4 is 39.2 Å². The maximum absolute atomic E-state index is 12.9. The van der Waals surface area contributed by atoms with Gasteiger partial charge in [0.05, 0.1) is 12.9 Å². The largest absolute Gasteiger partial charge is 0.467 e. The summed E-state index contributed by atoms with van der Waals surface area (Å²) in [7, 11) is -2.49. The first-order valence-electron chi connectivity index (χ1n) is 8.01. The minimum absolute atomic E-state index is 0.0958. The van der Waals surface area contributed by atoms with Crippen molar-refractivity contribution in [1.82, 2.24) is 10.2 Å². The van der Waals surface area contributed by atoms with Crippen LogP contribution in [0.1, 0.15) is 18.5 Å². The fraction of sp³-hybridized carbons (Fsp3) is 0.353. The van der Waals surface area contributed by atoms with E-state index in [1.807, 2.05) is 0 Å². The highest BCUT2D eigenvalue weighted by atomic mass is 35.5. The molecule has 0 bridgehead atoms. The van der Waals surface area contributed by atoms with Gasteiger partial charge in [-0.05, 0) is 18.1 Å². The second-order valence-electron chi connectivity index (χ2n) is 6.28. The van der Waals surface area contributed by atoms with Gasteiger partial charge in [0.25, 0.3) is 5.91 Å². The highest BCUT2D eigenvalue weighted by molar-refractivity contribution is 7.92. The van der Waals surface area contributed by atoms with Gasteiger partial charge in [0.2, 0.25) is 5.91 Å². The zero-order valence-corrected chi connectivity index (χ0v) is 16.1. The maximum Gasteiger partial charge on any atom is 0.333 e. The zero-order chi connectivity index (χ0) is 19.9. The molecule has 1 aromatic carbocycles. The molecule has 2 aliphatic heterocycles. The van der Waals surface area contributed by atoms with E-state index in [1.54, 1.807) is 30.3 Å². The summed E-state index contributed by atoms with van der Waals surface area (Å²) >= 11 is 5.85. The van der Waals surface area contributed by atoms with Crippen molar-refractivity contribution in [2.24, 2.45) is 0 Å². The van der Waals surface area contributed by atoms with Crippen LogP contribution in [0.15, 0.2) is 41.6 Å². The molecule has 2 heterocycles. The molecule has 1 unspecified atom stereocenters. The lowest BCUT2D eigenvalue weighted by Gasteiger charge is -2.47. The summed E-state index contributed by atoms with van der Waals surface area (Å²) in [5.74, 6) is -2.49. The molecule has 1 fully saturated rings. The predicted octanol–water partition coefficient (Wildman–Crippen LogP) is 0.495. The van der Waals surface area contributed by atoms with Gasteiger partial charge in [0.1, 0.15) is 11.1 Å². The van der Waals surface area contributed by atoms with Crippen LogP contribution in [0.2, 0.25) is 0 Å². The van der Waals surface area contributed by atoms with Crippen LogP contribution in [0.25, 0.3) is 0 Å². The summed E-state index contributed by atoms with van der Waals surface area (Å²) < 4.78 is 29.3. The number of sulfone groups is 1. The Hall–Kier alpha value is -2.39. The molecule has 8 nitrogen and oxygen atoms in total. The summed E-state index contributed by atoms with van der Waals surface area (Å²) in [5.41, 5.74) is 0.597. The van der Waals surface area contributed by atoms with Gasteiger partial charge < -0.3 is 10.1 Å². The number of fused-ring (bicyclic) bond motifs is 1. The Bertz CT molecular complexity index is 943. The molecule has 3 atom stereocenters. The molecular weight excluding hydrogens is 396 g/mol. The summed E-state index contributed by atoms with van der Waals surface area (Å²) in [5, 5.41) is 0.0294. The van der Waals surface area contributed by atoms with Crippen LogP contribution < -0.4 is 5.32 Å². The number of alkyl halides is 1. The van der Waals surface area contributed by atoms with Gasteiger partial charge in [-0.25, -0.2) is 13.2 Å². The summed E-state index contributed by atoms with van der Waals surface area (Å²) in [6, 6.07) is 7.32. The van der Waals surface area contributed by atoms with E-state index in [1.165, 1.54) is 14.0 Å². The van der Waals surface area contributed by atoms with Crippen molar-refractivity contribution < 1.29 is 27.5 Å². The van der Waals surface area contributed by atoms with Crippen molar-refractivity contribution in [3.63, 3.8) is 0 Å². The molecule has 3 rings (SSSR count). The van der Waals surface area contributed by atoms with Crippen LogP contribution in [0.3, 0.4) is 0 Å². The highest BCUT2D eigenvalue weighted by Gasteiger charge is 2.58. The molecule has 1 N–H and O–H groups in total. The summed E-state index contributed by atoms with van der Waals surface area (Å²) in [6.07, 6.45) is 0. The van der Waals surface area contributed by atoms with E-state index in [-0.39, 0.29) is 17.0 Å². The lowest BCUT2D eigenvalue weighted by molar-refractivity contribution is -0.145. The van der Waals surface area contributed by atoms with Crippen LogP contribution in [0.4, 0.5) is 0 Å². The quantitative estimate of drug-likeness (QED) is 0.438. The smallest absolute Gasteiger partial charge is 0.333 e. The molecule has 0 radical (unpaired) electrons. The number of hydrogen-bond acceptors (Lipinski definition) is 6. The van der Waals surface area contributed by atoms with Gasteiger partial charge in [-0.15, -0.1) is 11.6 Å². The number of halogens is 1. The molecule has 0 saturated carbocycles. The Morgan fingerprint density at radius 3 is 2.52 bits per heavy atom. The van der Waals surface area contributed by atoms with Crippen LogP contribution in [0, 0.1) is 0 Å². The zero-order valence-electron chi connectivity index (χ0n) is 14.5. The van der Waals surface area contributed by atoms with E-state index in [0.717, 1.165) is 4.90 Å².